The van der Waals surface area contributed by atoms with Gasteiger partial charge in [0.1, 0.15) is 0 Å². The number of hydrogen-bond donors (Lipinski definition) is 2. The van der Waals surface area contributed by atoms with E-state index in [1.54, 1.807) is 0 Å². The molecule has 0 aliphatic rings. The van der Waals surface area contributed by atoms with Gasteiger partial charge in [-0.05, 0) is 79.3 Å². The van der Waals surface area contributed by atoms with Crippen molar-refractivity contribution in [2.24, 2.45) is 16.7 Å². The van der Waals surface area contributed by atoms with E-state index in [1.807, 2.05) is 30.0 Å². The summed E-state index contributed by atoms with van der Waals surface area (Å²) in [6.45, 7) is 23.9. The normalized spacial score (nSPS) is 14.5. The fourth-order valence-corrected chi connectivity index (χ4v) is 7.32. The van der Waals surface area contributed by atoms with Crippen molar-refractivity contribution < 1.29 is 5.11 Å². The molecule has 3 nitrogen and oxygen atoms in total. The van der Waals surface area contributed by atoms with Gasteiger partial charge in [-0.3, -0.25) is 0 Å². The van der Waals surface area contributed by atoms with Gasteiger partial charge in [-0.1, -0.05) is 80.5 Å². The van der Waals surface area contributed by atoms with Crippen LogP contribution in [0.3, 0.4) is 0 Å². The molecule has 2 rings (SSSR count). The lowest BCUT2D eigenvalue weighted by molar-refractivity contribution is 0.184. The van der Waals surface area contributed by atoms with Crippen LogP contribution in [0.5, 0.6) is 0 Å². The summed E-state index contributed by atoms with van der Waals surface area (Å²) < 4.78 is 0.120. The Morgan fingerprint density at radius 3 is 1.92 bits per heavy atom. The molecule has 0 fully saturated rings. The molecule has 0 aromatic heterocycles. The zero-order valence-corrected chi connectivity index (χ0v) is 26.1. The summed E-state index contributed by atoms with van der Waals surface area (Å²) >= 11 is 1.92. The minimum atomic E-state index is -0.383. The monoisotopic (exact) mass is 526 g/mol. The number of nitrogens with one attached hydrogen (secondary N) is 1. The molecular weight excluding hydrogens is 472 g/mol. The third-order valence-electron chi connectivity index (χ3n) is 6.59. The summed E-state index contributed by atoms with van der Waals surface area (Å²) in [5.74, 6) is 1.35. The Labute approximate surface area is 232 Å². The first-order valence-electron chi connectivity index (χ1n) is 14.1. The topological polar surface area (TPSA) is 35.5 Å². The molecule has 2 atom stereocenters. The molecule has 0 aliphatic heterocycles. The minimum absolute atomic E-state index is 0.120. The third kappa shape index (κ3) is 12.2. The van der Waals surface area contributed by atoms with Gasteiger partial charge in [-0.15, -0.1) is 0 Å². The predicted molar refractivity (Wildman–Crippen MR) is 167 cm³/mol. The first-order chi connectivity index (χ1) is 17.1. The van der Waals surface area contributed by atoms with Crippen molar-refractivity contribution in [2.45, 2.75) is 105 Å². The molecule has 37 heavy (non-hydrogen) atoms. The van der Waals surface area contributed by atoms with E-state index in [-0.39, 0.29) is 16.3 Å². The van der Waals surface area contributed by atoms with Crippen LogP contribution in [0.15, 0.2) is 54.6 Å². The van der Waals surface area contributed by atoms with Gasteiger partial charge in [0.05, 0.1) is 6.10 Å². The fourth-order valence-electron chi connectivity index (χ4n) is 6.08. The highest BCUT2D eigenvalue weighted by molar-refractivity contribution is 8.00. The molecule has 2 aromatic carbocycles. The zero-order chi connectivity index (χ0) is 27.9. The van der Waals surface area contributed by atoms with Gasteiger partial charge in [-0.2, -0.15) is 11.8 Å². The van der Waals surface area contributed by atoms with E-state index < -0.39 is 0 Å². The predicted octanol–water partition coefficient (Wildman–Crippen LogP) is 9.40. The van der Waals surface area contributed by atoms with Crippen LogP contribution in [0.4, 0.5) is 17.1 Å². The summed E-state index contributed by atoms with van der Waals surface area (Å²) in [5.41, 5.74) is 3.92. The number of aliphatic hydroxyl groups is 1. The van der Waals surface area contributed by atoms with E-state index >= 15 is 0 Å². The second-order valence-corrected chi connectivity index (χ2v) is 15.7. The van der Waals surface area contributed by atoms with Crippen molar-refractivity contribution in [1.29, 1.82) is 0 Å². The third-order valence-corrected chi connectivity index (χ3v) is 8.07. The molecule has 0 amide bonds. The minimum Gasteiger partial charge on any atom is -0.390 e. The van der Waals surface area contributed by atoms with E-state index in [4.69, 9.17) is 0 Å². The number of hydrogen-bond acceptors (Lipinski definition) is 4. The van der Waals surface area contributed by atoms with Gasteiger partial charge in [-0.25, -0.2) is 0 Å². The Kier molecular flexibility index (Phi) is 11.5. The van der Waals surface area contributed by atoms with Crippen LogP contribution in [0, 0.1) is 16.7 Å². The zero-order valence-electron chi connectivity index (χ0n) is 25.3. The smallest absolute Gasteiger partial charge is 0.0805 e. The molecule has 0 bridgehead atoms. The van der Waals surface area contributed by atoms with Crippen molar-refractivity contribution in [2.75, 3.05) is 22.5 Å². The van der Waals surface area contributed by atoms with Crippen LogP contribution in [-0.2, 0) is 0 Å². The SMILES string of the molecule is CC(C)CC(C)N(CC(O)CSC(C)(C)CC(C)(C)CC(C)(C)C)c1ccc(Nc2ccccc2)cc1. The Bertz CT molecular complexity index is 916. The van der Waals surface area contributed by atoms with Crippen LogP contribution in [-0.4, -0.2) is 34.3 Å². The van der Waals surface area contributed by atoms with Gasteiger partial charge < -0.3 is 15.3 Å². The highest BCUT2D eigenvalue weighted by Gasteiger charge is 2.33. The van der Waals surface area contributed by atoms with Crippen LogP contribution in [0.2, 0.25) is 0 Å². The van der Waals surface area contributed by atoms with Crippen molar-refractivity contribution in [3.05, 3.63) is 54.6 Å². The van der Waals surface area contributed by atoms with Crippen molar-refractivity contribution in [3.8, 4) is 0 Å². The van der Waals surface area contributed by atoms with Crippen molar-refractivity contribution in [1.82, 2.24) is 0 Å². The van der Waals surface area contributed by atoms with E-state index in [0.29, 0.717) is 23.9 Å². The fraction of sp³-hybridized carbons (Fsp3) is 0.636. The molecule has 0 radical (unpaired) electrons. The number of anilines is 3. The first-order valence-corrected chi connectivity index (χ1v) is 15.0. The number of aliphatic hydroxyl groups excluding tert-OH is 1. The van der Waals surface area contributed by atoms with Crippen LogP contribution in [0.1, 0.15) is 88.5 Å². The van der Waals surface area contributed by atoms with E-state index in [9.17, 15) is 5.11 Å². The average molecular weight is 527 g/mol. The summed E-state index contributed by atoms with van der Waals surface area (Å²) in [4.78, 5) is 2.40. The molecular formula is C33H54N2OS. The second kappa shape index (κ2) is 13.4. The first kappa shape index (κ1) is 31.6. The Morgan fingerprint density at radius 1 is 0.811 bits per heavy atom. The molecule has 4 heteroatoms. The lowest BCUT2D eigenvalue weighted by Gasteiger charge is -2.39. The number of thioether (sulfide) groups is 1. The number of nitrogens with zero attached hydrogens (tertiary/aromatic N) is 1. The molecule has 2 unspecified atom stereocenters. The molecule has 208 valence electrons. The Balaban J connectivity index is 2.06. The second-order valence-electron chi connectivity index (χ2n) is 14.0. The van der Waals surface area contributed by atoms with Crippen molar-refractivity contribution in [3.63, 3.8) is 0 Å². The van der Waals surface area contributed by atoms with Crippen molar-refractivity contribution >= 4 is 28.8 Å². The van der Waals surface area contributed by atoms with Gasteiger partial charge >= 0.3 is 0 Å². The number of benzene rings is 2. The van der Waals surface area contributed by atoms with Crippen LogP contribution >= 0.6 is 11.8 Å². The quantitative estimate of drug-likeness (QED) is 0.257. The van der Waals surface area contributed by atoms with E-state index in [2.05, 4.69) is 116 Å². The van der Waals surface area contributed by atoms with E-state index in [1.165, 1.54) is 12.1 Å². The lowest BCUT2D eigenvalue weighted by Crippen LogP contribution is -2.41. The average Bonchev–Trinajstić information content (AvgIpc) is 2.74. The maximum Gasteiger partial charge on any atom is 0.0805 e. The molecule has 0 heterocycles. The van der Waals surface area contributed by atoms with Crippen LogP contribution < -0.4 is 10.2 Å². The Morgan fingerprint density at radius 2 is 1.38 bits per heavy atom. The maximum atomic E-state index is 11.2. The van der Waals surface area contributed by atoms with E-state index in [0.717, 1.165) is 30.0 Å². The lowest BCUT2D eigenvalue weighted by atomic mass is 9.72. The number of rotatable bonds is 14. The Hall–Kier alpha value is -1.65. The highest BCUT2D eigenvalue weighted by Crippen LogP contribution is 2.43. The van der Waals surface area contributed by atoms with Gasteiger partial charge in [0.15, 0.2) is 0 Å². The molecule has 0 aliphatic carbocycles. The highest BCUT2D eigenvalue weighted by atomic mass is 32.2. The maximum absolute atomic E-state index is 11.2. The molecule has 2 N–H and O–H groups in total. The molecule has 0 saturated heterocycles. The molecule has 2 aromatic rings. The summed E-state index contributed by atoms with van der Waals surface area (Å²) in [7, 11) is 0. The summed E-state index contributed by atoms with van der Waals surface area (Å²) in [5, 5.41) is 14.7. The van der Waals surface area contributed by atoms with Gasteiger partial charge in [0.2, 0.25) is 0 Å². The summed E-state index contributed by atoms with van der Waals surface area (Å²) in [6, 6.07) is 19.2. The molecule has 0 spiro atoms. The number of para-hydroxylation sites is 1. The molecule has 0 saturated carbocycles. The summed E-state index contributed by atoms with van der Waals surface area (Å²) in [6.07, 6.45) is 3.04. The standard InChI is InChI=1S/C33H54N2OS/c1-25(2)20-26(3)35(29-18-16-28(17-19-29)34-27-14-12-11-13-15-27)21-30(36)22-37-33(9,10)24-32(7,8)23-31(4,5)6/h11-19,25-26,30,34,36H,20-24H2,1-10H3. The van der Waals surface area contributed by atoms with Crippen LogP contribution in [0.25, 0.3) is 0 Å². The van der Waals surface area contributed by atoms with Gasteiger partial charge in [0, 0.05) is 40.1 Å². The largest absolute Gasteiger partial charge is 0.390 e. The van der Waals surface area contributed by atoms with Gasteiger partial charge in [0.25, 0.3) is 0 Å².